The molecular weight excluding hydrogens is 374 g/mol. The maximum atomic E-state index is 12.8. The Hall–Kier alpha value is -3.17. The van der Waals surface area contributed by atoms with E-state index in [1.54, 1.807) is 6.33 Å². The molecule has 1 unspecified atom stereocenters. The number of nitrogens with zero attached hydrogens (tertiary/aromatic N) is 4. The van der Waals surface area contributed by atoms with E-state index in [1.165, 1.54) is 5.57 Å². The lowest BCUT2D eigenvalue weighted by Crippen LogP contribution is -2.38. The zero-order chi connectivity index (χ0) is 20.9. The molecule has 1 aliphatic carbocycles. The minimum Gasteiger partial charge on any atom is -0.337 e. The van der Waals surface area contributed by atoms with Crippen LogP contribution in [0.25, 0.3) is 0 Å². The van der Waals surface area contributed by atoms with Crippen molar-refractivity contribution in [1.82, 2.24) is 19.8 Å². The van der Waals surface area contributed by atoms with Gasteiger partial charge in [-0.05, 0) is 42.0 Å². The Morgan fingerprint density at radius 1 is 1.27 bits per heavy atom. The molecule has 6 heteroatoms. The summed E-state index contributed by atoms with van der Waals surface area (Å²) in [5, 5.41) is 12.4. The molecule has 1 saturated heterocycles. The second-order valence-corrected chi connectivity index (χ2v) is 8.16. The fourth-order valence-electron chi connectivity index (χ4n) is 4.08. The molecule has 6 nitrogen and oxygen atoms in total. The first kappa shape index (κ1) is 20.1. The normalized spacial score (nSPS) is 21.0. The Balaban J connectivity index is 1.32. The number of hydrogen-bond donors (Lipinski definition) is 1. The van der Waals surface area contributed by atoms with Crippen LogP contribution < -0.4 is 5.32 Å². The van der Waals surface area contributed by atoms with Gasteiger partial charge in [0.25, 0.3) is 0 Å². The Labute approximate surface area is 177 Å². The third-order valence-electron chi connectivity index (χ3n) is 5.77. The summed E-state index contributed by atoms with van der Waals surface area (Å²) in [6.45, 7) is 4.99. The highest BCUT2D eigenvalue weighted by atomic mass is 16.2. The predicted octanol–water partition coefficient (Wildman–Crippen LogP) is 3.02. The minimum atomic E-state index is -0.145. The van der Waals surface area contributed by atoms with Gasteiger partial charge in [-0.25, -0.2) is 4.98 Å². The molecule has 1 aromatic heterocycles. The van der Waals surface area contributed by atoms with Crippen LogP contribution in [0.2, 0.25) is 0 Å². The molecule has 1 N–H and O–H groups in total. The van der Waals surface area contributed by atoms with Crippen molar-refractivity contribution < 1.29 is 4.79 Å². The van der Waals surface area contributed by atoms with Crippen LogP contribution in [0.3, 0.4) is 0 Å². The largest absolute Gasteiger partial charge is 0.337 e. The van der Waals surface area contributed by atoms with Crippen LogP contribution in [-0.4, -0.2) is 39.5 Å². The van der Waals surface area contributed by atoms with E-state index in [0.717, 1.165) is 30.6 Å². The highest BCUT2D eigenvalue weighted by molar-refractivity contribution is 5.84. The molecule has 1 amide bonds. The predicted molar refractivity (Wildman–Crippen MR) is 115 cm³/mol. The summed E-state index contributed by atoms with van der Waals surface area (Å²) in [4.78, 5) is 19.1. The number of carbonyl (C=O) groups excluding carboxylic acids is 1. The number of nitrogens with one attached hydrogen (secondary N) is 1. The number of likely N-dealkylation sites (tertiary alicyclic amines) is 1. The van der Waals surface area contributed by atoms with Crippen molar-refractivity contribution in [2.45, 2.75) is 38.9 Å². The summed E-state index contributed by atoms with van der Waals surface area (Å²) < 4.78 is 2.07. The van der Waals surface area contributed by atoms with Crippen LogP contribution in [0.5, 0.6) is 0 Å². The molecule has 0 bridgehead atoms. The lowest BCUT2D eigenvalue weighted by atomic mass is 9.98. The monoisotopic (exact) mass is 401 g/mol. The van der Waals surface area contributed by atoms with E-state index in [9.17, 15) is 4.79 Å². The van der Waals surface area contributed by atoms with Crippen LogP contribution in [-0.2, 0) is 17.9 Å². The van der Waals surface area contributed by atoms with E-state index < -0.39 is 0 Å². The fraction of sp³-hybridized carbons (Fsp3) is 0.375. The van der Waals surface area contributed by atoms with Gasteiger partial charge in [0, 0.05) is 32.4 Å². The first-order chi connectivity index (χ1) is 14.6. The fourth-order valence-corrected chi connectivity index (χ4v) is 4.08. The second-order valence-electron chi connectivity index (χ2n) is 8.16. The quantitative estimate of drug-likeness (QED) is 0.774. The van der Waals surface area contributed by atoms with Crippen molar-refractivity contribution in [2.75, 3.05) is 13.1 Å². The van der Waals surface area contributed by atoms with Crippen LogP contribution in [0.15, 0.2) is 60.6 Å². The number of nitriles is 1. The molecule has 1 aromatic carbocycles. The molecular formula is C24H27N5O. The highest BCUT2D eigenvalue weighted by Crippen LogP contribution is 2.20. The SMILES string of the molecule is CC1C=C(CN2CC[C@H](NCc3cncn3Cc3ccc(C#N)cc3)C2=O)C=CC1. The first-order valence-corrected chi connectivity index (χ1v) is 10.5. The van der Waals surface area contributed by atoms with Gasteiger partial charge in [-0.2, -0.15) is 5.26 Å². The number of hydrogen-bond acceptors (Lipinski definition) is 4. The van der Waals surface area contributed by atoms with E-state index >= 15 is 0 Å². The van der Waals surface area contributed by atoms with Crippen LogP contribution in [0.4, 0.5) is 0 Å². The molecule has 154 valence electrons. The number of imidazole rings is 1. The third-order valence-corrected chi connectivity index (χ3v) is 5.77. The van der Waals surface area contributed by atoms with Gasteiger partial charge in [-0.15, -0.1) is 0 Å². The van der Waals surface area contributed by atoms with Crippen molar-refractivity contribution in [2.24, 2.45) is 5.92 Å². The van der Waals surface area contributed by atoms with Crippen LogP contribution >= 0.6 is 0 Å². The topological polar surface area (TPSA) is 74.0 Å². The molecule has 2 atom stereocenters. The van der Waals surface area contributed by atoms with E-state index in [0.29, 0.717) is 31.1 Å². The van der Waals surface area contributed by atoms with Crippen LogP contribution in [0, 0.1) is 17.2 Å². The lowest BCUT2D eigenvalue weighted by Gasteiger charge is -2.20. The lowest BCUT2D eigenvalue weighted by molar-refractivity contribution is -0.129. The zero-order valence-corrected chi connectivity index (χ0v) is 17.3. The molecule has 2 heterocycles. The number of aromatic nitrogens is 2. The summed E-state index contributed by atoms with van der Waals surface area (Å²) in [5.41, 5.74) is 4.05. The Morgan fingerprint density at radius 2 is 2.10 bits per heavy atom. The van der Waals surface area contributed by atoms with E-state index in [-0.39, 0.29) is 11.9 Å². The highest BCUT2D eigenvalue weighted by Gasteiger charge is 2.31. The van der Waals surface area contributed by atoms with Gasteiger partial charge in [0.15, 0.2) is 0 Å². The van der Waals surface area contributed by atoms with Gasteiger partial charge in [-0.1, -0.05) is 37.3 Å². The second kappa shape index (κ2) is 9.10. The standard InChI is InChI=1S/C24H27N5O/c1-18-3-2-4-21(11-18)16-28-10-9-23(24(28)30)27-14-22-13-26-17-29(22)15-20-7-5-19(12-25)6-8-20/h2,4-8,11,13,17-18,23,27H,3,9-10,14-16H2,1H3/t18?,23-/m0/s1. The number of allylic oxidation sites excluding steroid dienone is 2. The average molecular weight is 402 g/mol. The molecule has 0 saturated carbocycles. The number of rotatable bonds is 7. The maximum absolute atomic E-state index is 12.8. The van der Waals surface area contributed by atoms with Gasteiger partial charge >= 0.3 is 0 Å². The summed E-state index contributed by atoms with van der Waals surface area (Å²) in [5.74, 6) is 0.730. The number of carbonyl (C=O) groups is 1. The van der Waals surface area contributed by atoms with Crippen molar-refractivity contribution in [1.29, 1.82) is 5.26 Å². The van der Waals surface area contributed by atoms with Crippen LogP contribution in [0.1, 0.15) is 36.6 Å². The van der Waals surface area contributed by atoms with E-state index in [2.05, 4.69) is 46.1 Å². The van der Waals surface area contributed by atoms with Gasteiger partial charge in [0.1, 0.15) is 0 Å². The Morgan fingerprint density at radius 3 is 2.87 bits per heavy atom. The molecule has 4 rings (SSSR count). The molecule has 0 spiro atoms. The maximum Gasteiger partial charge on any atom is 0.240 e. The average Bonchev–Trinajstić information content (AvgIpc) is 3.33. The van der Waals surface area contributed by atoms with Crippen molar-refractivity contribution in [3.8, 4) is 6.07 Å². The van der Waals surface area contributed by atoms with Crippen molar-refractivity contribution in [3.63, 3.8) is 0 Å². The number of benzene rings is 1. The Bertz CT molecular complexity index is 995. The van der Waals surface area contributed by atoms with Gasteiger partial charge < -0.3 is 14.8 Å². The molecule has 2 aromatic rings. The summed E-state index contributed by atoms with van der Waals surface area (Å²) in [7, 11) is 0. The smallest absolute Gasteiger partial charge is 0.240 e. The summed E-state index contributed by atoms with van der Waals surface area (Å²) in [6, 6.07) is 9.57. The third kappa shape index (κ3) is 4.69. The minimum absolute atomic E-state index is 0.145. The van der Waals surface area contributed by atoms with E-state index in [1.807, 2.05) is 35.4 Å². The molecule has 1 aliphatic heterocycles. The van der Waals surface area contributed by atoms with Gasteiger partial charge in [0.05, 0.1) is 29.7 Å². The Kier molecular flexibility index (Phi) is 6.10. The van der Waals surface area contributed by atoms with Gasteiger partial charge in [-0.3, -0.25) is 4.79 Å². The summed E-state index contributed by atoms with van der Waals surface area (Å²) >= 11 is 0. The molecule has 1 fully saturated rings. The van der Waals surface area contributed by atoms with Crippen molar-refractivity contribution in [3.05, 3.63) is 77.4 Å². The number of amides is 1. The zero-order valence-electron chi connectivity index (χ0n) is 17.3. The van der Waals surface area contributed by atoms with Gasteiger partial charge in [0.2, 0.25) is 5.91 Å². The van der Waals surface area contributed by atoms with E-state index in [4.69, 9.17) is 5.26 Å². The molecule has 0 radical (unpaired) electrons. The van der Waals surface area contributed by atoms with Crippen molar-refractivity contribution >= 4 is 5.91 Å². The molecule has 30 heavy (non-hydrogen) atoms. The first-order valence-electron chi connectivity index (χ1n) is 10.5. The summed E-state index contributed by atoms with van der Waals surface area (Å²) in [6.07, 6.45) is 12.2. The molecule has 2 aliphatic rings.